The van der Waals surface area contributed by atoms with E-state index in [0.717, 1.165) is 23.4 Å². The Morgan fingerprint density at radius 1 is 0.879 bits per heavy atom. The van der Waals surface area contributed by atoms with Crippen molar-refractivity contribution in [1.29, 1.82) is 0 Å². The number of hydrogen-bond donors (Lipinski definition) is 0. The monoisotopic (exact) mass is 442 g/mol. The van der Waals surface area contributed by atoms with E-state index in [1.807, 2.05) is 91.9 Å². The SMILES string of the molecule is COc1cc(C=C2C(=O)N(c3ccccc3)N=C2C)ccc1OCCCOc1ccccc1. The van der Waals surface area contributed by atoms with Crippen LogP contribution in [0.15, 0.2) is 89.5 Å². The molecule has 0 fully saturated rings. The zero-order chi connectivity index (χ0) is 23.0. The zero-order valence-electron chi connectivity index (χ0n) is 18.7. The molecule has 0 aliphatic carbocycles. The number of hydrazone groups is 1. The van der Waals surface area contributed by atoms with Gasteiger partial charge in [-0.25, -0.2) is 0 Å². The third-order valence-corrected chi connectivity index (χ3v) is 5.12. The average Bonchev–Trinajstić information content (AvgIpc) is 3.14. The number of carbonyl (C=O) groups is 1. The molecule has 1 aliphatic rings. The van der Waals surface area contributed by atoms with Gasteiger partial charge in [0.2, 0.25) is 0 Å². The van der Waals surface area contributed by atoms with Gasteiger partial charge in [-0.1, -0.05) is 42.5 Å². The number of hydrogen-bond acceptors (Lipinski definition) is 5. The summed E-state index contributed by atoms with van der Waals surface area (Å²) in [6, 6.07) is 24.7. The van der Waals surface area contributed by atoms with Gasteiger partial charge in [0.15, 0.2) is 11.5 Å². The van der Waals surface area contributed by atoms with Crippen molar-refractivity contribution in [2.75, 3.05) is 25.3 Å². The van der Waals surface area contributed by atoms with Crippen LogP contribution in [-0.4, -0.2) is 31.9 Å². The minimum absolute atomic E-state index is 0.156. The molecule has 0 unspecified atom stereocenters. The molecule has 0 aromatic heterocycles. The number of nitrogens with zero attached hydrogens (tertiary/aromatic N) is 2. The first-order chi connectivity index (χ1) is 16.2. The summed E-state index contributed by atoms with van der Waals surface area (Å²) in [5, 5.41) is 5.85. The highest BCUT2D eigenvalue weighted by atomic mass is 16.5. The minimum atomic E-state index is -0.156. The van der Waals surface area contributed by atoms with Crippen LogP contribution in [-0.2, 0) is 4.79 Å². The highest BCUT2D eigenvalue weighted by Gasteiger charge is 2.28. The molecule has 3 aromatic rings. The van der Waals surface area contributed by atoms with Crippen LogP contribution in [0, 0.1) is 0 Å². The highest BCUT2D eigenvalue weighted by molar-refractivity contribution is 6.32. The largest absolute Gasteiger partial charge is 0.493 e. The van der Waals surface area contributed by atoms with E-state index < -0.39 is 0 Å². The third-order valence-electron chi connectivity index (χ3n) is 5.12. The molecule has 1 aliphatic heterocycles. The van der Waals surface area contributed by atoms with Crippen molar-refractivity contribution >= 4 is 23.4 Å². The molecule has 3 aromatic carbocycles. The molecule has 1 amide bonds. The fourth-order valence-corrected chi connectivity index (χ4v) is 3.44. The molecule has 0 atom stereocenters. The van der Waals surface area contributed by atoms with Gasteiger partial charge in [-0.05, 0) is 55.0 Å². The van der Waals surface area contributed by atoms with Gasteiger partial charge in [0.1, 0.15) is 5.75 Å². The highest BCUT2D eigenvalue weighted by Crippen LogP contribution is 2.30. The molecule has 1 heterocycles. The van der Waals surface area contributed by atoms with E-state index >= 15 is 0 Å². The van der Waals surface area contributed by atoms with E-state index in [1.165, 1.54) is 5.01 Å². The van der Waals surface area contributed by atoms with Crippen molar-refractivity contribution in [3.8, 4) is 17.2 Å². The molecular formula is C27H26N2O4. The smallest absolute Gasteiger partial charge is 0.280 e. The van der Waals surface area contributed by atoms with Gasteiger partial charge in [-0.3, -0.25) is 4.79 Å². The maximum atomic E-state index is 12.9. The van der Waals surface area contributed by atoms with Gasteiger partial charge in [-0.2, -0.15) is 10.1 Å². The number of carbonyl (C=O) groups excluding carboxylic acids is 1. The second-order valence-electron chi connectivity index (χ2n) is 7.47. The molecular weight excluding hydrogens is 416 g/mol. The lowest BCUT2D eigenvalue weighted by Gasteiger charge is -2.12. The van der Waals surface area contributed by atoms with E-state index in [4.69, 9.17) is 14.2 Å². The molecule has 0 N–H and O–H groups in total. The maximum absolute atomic E-state index is 12.9. The third kappa shape index (κ3) is 5.41. The first-order valence-corrected chi connectivity index (χ1v) is 10.8. The van der Waals surface area contributed by atoms with Gasteiger partial charge in [0.25, 0.3) is 5.91 Å². The van der Waals surface area contributed by atoms with Gasteiger partial charge >= 0.3 is 0 Å². The average molecular weight is 443 g/mol. The summed E-state index contributed by atoms with van der Waals surface area (Å²) in [7, 11) is 1.60. The number of amides is 1. The predicted octanol–water partition coefficient (Wildman–Crippen LogP) is 5.35. The Labute approximate surface area is 193 Å². The Bertz CT molecular complexity index is 1160. The second kappa shape index (κ2) is 10.5. The first kappa shape index (κ1) is 22.1. The molecule has 0 bridgehead atoms. The number of anilines is 1. The second-order valence-corrected chi connectivity index (χ2v) is 7.47. The fourth-order valence-electron chi connectivity index (χ4n) is 3.44. The summed E-state index contributed by atoms with van der Waals surface area (Å²) < 4.78 is 17.1. The van der Waals surface area contributed by atoms with Gasteiger partial charge in [0.05, 0.1) is 37.3 Å². The predicted molar refractivity (Wildman–Crippen MR) is 130 cm³/mol. The van der Waals surface area contributed by atoms with Crippen LogP contribution < -0.4 is 19.2 Å². The summed E-state index contributed by atoms with van der Waals surface area (Å²) in [6.45, 7) is 2.90. The van der Waals surface area contributed by atoms with Crippen molar-refractivity contribution in [2.24, 2.45) is 5.10 Å². The van der Waals surface area contributed by atoms with Crippen molar-refractivity contribution in [1.82, 2.24) is 0 Å². The number of methoxy groups -OCH3 is 1. The zero-order valence-corrected chi connectivity index (χ0v) is 18.7. The van der Waals surface area contributed by atoms with Gasteiger partial charge in [0, 0.05) is 6.42 Å². The fraction of sp³-hybridized carbons (Fsp3) is 0.185. The number of benzene rings is 3. The minimum Gasteiger partial charge on any atom is -0.493 e. The number of ether oxygens (including phenoxy) is 3. The number of para-hydroxylation sites is 2. The molecule has 4 rings (SSSR count). The van der Waals surface area contributed by atoms with Crippen molar-refractivity contribution in [3.63, 3.8) is 0 Å². The Morgan fingerprint density at radius 3 is 2.30 bits per heavy atom. The summed E-state index contributed by atoms with van der Waals surface area (Å²) >= 11 is 0. The van der Waals surface area contributed by atoms with Crippen LogP contribution >= 0.6 is 0 Å². The Balaban J connectivity index is 1.39. The maximum Gasteiger partial charge on any atom is 0.280 e. The van der Waals surface area contributed by atoms with E-state index in [0.29, 0.717) is 36.0 Å². The van der Waals surface area contributed by atoms with Crippen molar-refractivity contribution < 1.29 is 19.0 Å². The standard InChI is InChI=1S/C27H26N2O4/c1-20-24(27(30)29(28-20)22-10-5-3-6-11-22)18-21-14-15-25(26(19-21)31-2)33-17-9-16-32-23-12-7-4-8-13-23/h3-8,10-15,18-19H,9,16-17H2,1-2H3. The molecule has 33 heavy (non-hydrogen) atoms. The normalized spacial score (nSPS) is 14.4. The molecule has 0 radical (unpaired) electrons. The lowest BCUT2D eigenvalue weighted by molar-refractivity contribution is -0.114. The van der Waals surface area contributed by atoms with E-state index in [-0.39, 0.29) is 5.91 Å². The summed E-state index contributed by atoms with van der Waals surface area (Å²) in [5.41, 5.74) is 2.79. The molecule has 6 heteroatoms. The lowest BCUT2D eigenvalue weighted by atomic mass is 10.1. The molecule has 0 saturated carbocycles. The van der Waals surface area contributed by atoms with Crippen molar-refractivity contribution in [2.45, 2.75) is 13.3 Å². The summed E-state index contributed by atoms with van der Waals surface area (Å²) in [5.74, 6) is 1.94. The van der Waals surface area contributed by atoms with Crippen LogP contribution in [0.2, 0.25) is 0 Å². The van der Waals surface area contributed by atoms with Crippen LogP contribution in [0.4, 0.5) is 5.69 Å². The van der Waals surface area contributed by atoms with Crippen LogP contribution in [0.3, 0.4) is 0 Å². The van der Waals surface area contributed by atoms with Crippen molar-refractivity contribution in [3.05, 3.63) is 90.0 Å². The van der Waals surface area contributed by atoms with E-state index in [9.17, 15) is 4.79 Å². The van der Waals surface area contributed by atoms with E-state index in [1.54, 1.807) is 7.11 Å². The topological polar surface area (TPSA) is 60.4 Å². The lowest BCUT2D eigenvalue weighted by Crippen LogP contribution is -2.21. The van der Waals surface area contributed by atoms with E-state index in [2.05, 4.69) is 5.10 Å². The van der Waals surface area contributed by atoms with Gasteiger partial charge < -0.3 is 14.2 Å². The molecule has 168 valence electrons. The van der Waals surface area contributed by atoms with Gasteiger partial charge in [-0.15, -0.1) is 0 Å². The molecule has 6 nitrogen and oxygen atoms in total. The Morgan fingerprint density at radius 2 is 1.58 bits per heavy atom. The van der Waals surface area contributed by atoms with Crippen LogP contribution in [0.5, 0.6) is 17.2 Å². The Hall–Kier alpha value is -4.06. The molecule has 0 spiro atoms. The molecule has 0 saturated heterocycles. The Kier molecular flexibility index (Phi) is 7.05. The quantitative estimate of drug-likeness (QED) is 0.331. The first-order valence-electron chi connectivity index (χ1n) is 10.8. The van der Waals surface area contributed by atoms with Crippen LogP contribution in [0.1, 0.15) is 18.9 Å². The van der Waals surface area contributed by atoms with Crippen LogP contribution in [0.25, 0.3) is 6.08 Å². The summed E-state index contributed by atoms with van der Waals surface area (Å²) in [6.07, 6.45) is 2.56. The number of rotatable bonds is 9. The summed E-state index contributed by atoms with van der Waals surface area (Å²) in [4.78, 5) is 12.9.